The van der Waals surface area contributed by atoms with E-state index in [0.29, 0.717) is 28.5 Å². The third-order valence-electron chi connectivity index (χ3n) is 6.22. The van der Waals surface area contributed by atoms with Gasteiger partial charge in [-0.05, 0) is 55.4 Å². The Hall–Kier alpha value is -2.57. The number of imidazole rings is 1. The van der Waals surface area contributed by atoms with E-state index in [-0.39, 0.29) is 0 Å². The number of nitrogens with one attached hydrogen (secondary N) is 1. The number of hydrogen-bond donors (Lipinski definition) is 1. The molecule has 0 aliphatic heterocycles. The fourth-order valence-electron chi connectivity index (χ4n) is 4.83. The van der Waals surface area contributed by atoms with E-state index in [2.05, 4.69) is 15.3 Å². The van der Waals surface area contributed by atoms with Crippen molar-refractivity contribution < 1.29 is 13.2 Å². The number of hydrogen-bond acceptors (Lipinski definition) is 3. The van der Waals surface area contributed by atoms with Gasteiger partial charge in [0.05, 0.1) is 23.1 Å². The largest absolute Gasteiger partial charge is 0.417 e. The molecule has 3 aromatic heterocycles. The second-order valence-electron chi connectivity index (χ2n) is 8.15. The molecule has 1 spiro atoms. The lowest BCUT2D eigenvalue weighted by Crippen LogP contribution is -2.43. The molecule has 0 unspecified atom stereocenters. The van der Waals surface area contributed by atoms with Gasteiger partial charge in [0.1, 0.15) is 11.5 Å². The summed E-state index contributed by atoms with van der Waals surface area (Å²) >= 11 is 0. The Bertz CT molecular complexity index is 1010. The van der Waals surface area contributed by atoms with Crippen LogP contribution in [0.5, 0.6) is 0 Å². The predicted molar refractivity (Wildman–Crippen MR) is 101 cm³/mol. The first-order valence-corrected chi connectivity index (χ1v) is 9.70. The number of anilines is 1. The maximum atomic E-state index is 13.1. The van der Waals surface area contributed by atoms with Crippen LogP contribution in [0.2, 0.25) is 0 Å². The first kappa shape index (κ1) is 17.5. The average molecular weight is 386 g/mol. The normalized spacial score (nSPS) is 19.2. The first-order valence-electron chi connectivity index (χ1n) is 9.70. The van der Waals surface area contributed by atoms with E-state index in [1.165, 1.54) is 49.0 Å². The number of rotatable bonds is 3. The molecule has 146 valence electrons. The SMILES string of the molecule is FC(F)(F)c1ccc2ncc(-c3cccc(NC4CC5(CCCC5)C4)n3)n2c1. The van der Waals surface area contributed by atoms with Crippen LogP contribution in [0.1, 0.15) is 44.1 Å². The minimum Gasteiger partial charge on any atom is -0.367 e. The van der Waals surface area contributed by atoms with Gasteiger partial charge in [-0.1, -0.05) is 18.9 Å². The van der Waals surface area contributed by atoms with E-state index in [9.17, 15) is 13.2 Å². The Balaban J connectivity index is 1.40. The molecule has 3 heterocycles. The van der Waals surface area contributed by atoms with E-state index in [1.54, 1.807) is 12.3 Å². The smallest absolute Gasteiger partial charge is 0.367 e. The van der Waals surface area contributed by atoms with Crippen LogP contribution in [-0.4, -0.2) is 20.4 Å². The van der Waals surface area contributed by atoms with Gasteiger partial charge in [0.25, 0.3) is 0 Å². The van der Waals surface area contributed by atoms with Crippen molar-refractivity contribution in [3.8, 4) is 11.4 Å². The van der Waals surface area contributed by atoms with Crippen molar-refractivity contribution in [3.63, 3.8) is 0 Å². The number of alkyl halides is 3. The highest BCUT2D eigenvalue weighted by Crippen LogP contribution is 2.53. The molecule has 0 bridgehead atoms. The fourth-order valence-corrected chi connectivity index (χ4v) is 4.83. The van der Waals surface area contributed by atoms with Gasteiger partial charge in [0.2, 0.25) is 0 Å². The second-order valence-corrected chi connectivity index (χ2v) is 8.15. The molecule has 7 heteroatoms. The molecule has 28 heavy (non-hydrogen) atoms. The standard InChI is InChI=1S/C21H21F3N4/c22-21(23,24)14-6-7-19-25-12-17(28(19)13-14)16-4-3-5-18(27-16)26-15-10-20(11-15)8-1-2-9-20/h3-7,12-13,15H,1-2,8-11H2,(H,26,27). The molecular weight excluding hydrogens is 365 g/mol. The molecule has 0 amide bonds. The van der Waals surface area contributed by atoms with Gasteiger partial charge in [0, 0.05) is 12.2 Å². The Morgan fingerprint density at radius 1 is 1.07 bits per heavy atom. The van der Waals surface area contributed by atoms with Gasteiger partial charge in [-0.15, -0.1) is 0 Å². The fraction of sp³-hybridized carbons (Fsp3) is 0.429. The molecule has 5 rings (SSSR count). The molecule has 2 aliphatic carbocycles. The number of fused-ring (bicyclic) bond motifs is 1. The molecule has 0 atom stereocenters. The molecule has 2 saturated carbocycles. The van der Waals surface area contributed by atoms with Crippen molar-refractivity contribution in [3.05, 3.63) is 48.3 Å². The summed E-state index contributed by atoms with van der Waals surface area (Å²) in [4.78, 5) is 8.86. The highest BCUT2D eigenvalue weighted by molar-refractivity contribution is 5.62. The lowest BCUT2D eigenvalue weighted by atomic mass is 9.64. The van der Waals surface area contributed by atoms with Crippen LogP contribution in [0.15, 0.2) is 42.7 Å². The van der Waals surface area contributed by atoms with Crippen LogP contribution in [-0.2, 0) is 6.18 Å². The van der Waals surface area contributed by atoms with Crippen LogP contribution in [0.25, 0.3) is 17.0 Å². The van der Waals surface area contributed by atoms with Gasteiger partial charge in [-0.2, -0.15) is 13.2 Å². The zero-order chi connectivity index (χ0) is 19.4. The van der Waals surface area contributed by atoms with Crippen molar-refractivity contribution in [2.45, 2.75) is 50.7 Å². The molecule has 1 N–H and O–H groups in total. The number of aromatic nitrogens is 3. The van der Waals surface area contributed by atoms with Gasteiger partial charge in [-0.3, -0.25) is 4.40 Å². The maximum absolute atomic E-state index is 13.1. The van der Waals surface area contributed by atoms with Crippen LogP contribution >= 0.6 is 0 Å². The third kappa shape index (κ3) is 3.02. The summed E-state index contributed by atoms with van der Waals surface area (Å²) in [6.45, 7) is 0. The van der Waals surface area contributed by atoms with Crippen molar-refractivity contribution in [1.82, 2.24) is 14.4 Å². The van der Waals surface area contributed by atoms with E-state index < -0.39 is 11.7 Å². The lowest BCUT2D eigenvalue weighted by molar-refractivity contribution is -0.137. The highest BCUT2D eigenvalue weighted by Gasteiger charge is 2.45. The van der Waals surface area contributed by atoms with Gasteiger partial charge in [0.15, 0.2) is 0 Å². The maximum Gasteiger partial charge on any atom is 0.417 e. The van der Waals surface area contributed by atoms with Crippen LogP contribution in [0, 0.1) is 5.41 Å². The van der Waals surface area contributed by atoms with E-state index in [1.807, 2.05) is 12.1 Å². The average Bonchev–Trinajstić information content (AvgIpc) is 3.27. The molecule has 2 fully saturated rings. The summed E-state index contributed by atoms with van der Waals surface area (Å²) < 4.78 is 40.7. The lowest BCUT2D eigenvalue weighted by Gasteiger charge is -2.46. The van der Waals surface area contributed by atoms with Crippen molar-refractivity contribution in [2.24, 2.45) is 5.41 Å². The van der Waals surface area contributed by atoms with E-state index in [0.717, 1.165) is 18.1 Å². The van der Waals surface area contributed by atoms with E-state index >= 15 is 0 Å². The Kier molecular flexibility index (Phi) is 3.89. The van der Waals surface area contributed by atoms with Gasteiger partial charge in [-0.25, -0.2) is 9.97 Å². The van der Waals surface area contributed by atoms with Crippen LogP contribution < -0.4 is 5.32 Å². The molecule has 0 radical (unpaired) electrons. The predicted octanol–water partition coefficient (Wildman–Crippen LogP) is 5.55. The first-order chi connectivity index (χ1) is 13.4. The summed E-state index contributed by atoms with van der Waals surface area (Å²) in [6.07, 6.45) is 5.97. The van der Waals surface area contributed by atoms with E-state index in [4.69, 9.17) is 0 Å². The van der Waals surface area contributed by atoms with Crippen molar-refractivity contribution in [2.75, 3.05) is 5.32 Å². The zero-order valence-corrected chi connectivity index (χ0v) is 15.3. The Morgan fingerprint density at radius 3 is 2.61 bits per heavy atom. The second kappa shape index (κ2) is 6.22. The summed E-state index contributed by atoms with van der Waals surface area (Å²) in [5.74, 6) is 0.761. The molecule has 0 saturated heterocycles. The number of pyridine rings is 2. The Morgan fingerprint density at radius 2 is 1.86 bits per heavy atom. The van der Waals surface area contributed by atoms with Crippen LogP contribution in [0.4, 0.5) is 19.0 Å². The third-order valence-corrected chi connectivity index (χ3v) is 6.22. The van der Waals surface area contributed by atoms with Crippen molar-refractivity contribution in [1.29, 1.82) is 0 Å². The van der Waals surface area contributed by atoms with Gasteiger partial charge >= 0.3 is 6.18 Å². The molecule has 4 nitrogen and oxygen atoms in total. The summed E-state index contributed by atoms with van der Waals surface area (Å²) in [5, 5.41) is 3.49. The topological polar surface area (TPSA) is 42.2 Å². The monoisotopic (exact) mass is 386 g/mol. The number of halogens is 3. The summed E-state index contributed by atoms with van der Waals surface area (Å²) in [5.41, 5.74) is 1.46. The minimum atomic E-state index is -4.40. The number of nitrogens with zero attached hydrogens (tertiary/aromatic N) is 3. The molecule has 3 aromatic rings. The van der Waals surface area contributed by atoms with Gasteiger partial charge < -0.3 is 5.32 Å². The molecular formula is C21H21F3N4. The Labute approximate surface area is 160 Å². The summed E-state index contributed by atoms with van der Waals surface area (Å²) in [6, 6.07) is 8.44. The molecule has 0 aromatic carbocycles. The quantitative estimate of drug-likeness (QED) is 0.642. The zero-order valence-electron chi connectivity index (χ0n) is 15.3. The van der Waals surface area contributed by atoms with Crippen molar-refractivity contribution >= 4 is 11.5 Å². The minimum absolute atomic E-state index is 0.430. The molecule has 2 aliphatic rings. The summed E-state index contributed by atoms with van der Waals surface area (Å²) in [7, 11) is 0. The van der Waals surface area contributed by atoms with Crippen LogP contribution in [0.3, 0.4) is 0 Å². The highest BCUT2D eigenvalue weighted by atomic mass is 19.4.